The Morgan fingerprint density at radius 3 is 2.88 bits per heavy atom. The zero-order chi connectivity index (χ0) is 12.3. The van der Waals surface area contributed by atoms with Crippen LogP contribution in [0.2, 0.25) is 5.02 Å². The smallest absolute Gasteiger partial charge is 0.0453 e. The van der Waals surface area contributed by atoms with Crippen LogP contribution in [0.25, 0.3) is 0 Å². The molecule has 0 aliphatic carbocycles. The van der Waals surface area contributed by atoms with Gasteiger partial charge in [0, 0.05) is 11.1 Å². The van der Waals surface area contributed by atoms with E-state index in [4.69, 9.17) is 11.6 Å². The van der Waals surface area contributed by atoms with Gasteiger partial charge in [0.15, 0.2) is 0 Å². The van der Waals surface area contributed by atoms with Crippen molar-refractivity contribution in [3.63, 3.8) is 0 Å². The number of nitrogens with zero attached hydrogens (tertiary/aromatic N) is 1. The molecule has 0 amide bonds. The van der Waals surface area contributed by atoms with Crippen molar-refractivity contribution in [2.24, 2.45) is 5.92 Å². The molecule has 0 spiro atoms. The first-order valence-electron chi connectivity index (χ1n) is 6.39. The Morgan fingerprint density at radius 1 is 1.41 bits per heavy atom. The van der Waals surface area contributed by atoms with Gasteiger partial charge in [0.1, 0.15) is 0 Å². The third-order valence-corrected chi connectivity index (χ3v) is 4.00. The van der Waals surface area contributed by atoms with Crippen molar-refractivity contribution in [2.45, 2.75) is 19.4 Å². The maximum atomic E-state index is 6.32. The van der Waals surface area contributed by atoms with Gasteiger partial charge in [-0.05, 0) is 50.7 Å². The van der Waals surface area contributed by atoms with Crippen LogP contribution in [0.1, 0.15) is 24.9 Å². The predicted molar refractivity (Wildman–Crippen MR) is 73.5 cm³/mol. The number of likely N-dealkylation sites (tertiary alicyclic amines) is 1. The highest BCUT2D eigenvalue weighted by atomic mass is 35.5. The number of hydrogen-bond donors (Lipinski definition) is 1. The minimum Gasteiger partial charge on any atom is -0.317 e. The Hall–Kier alpha value is -0.570. The van der Waals surface area contributed by atoms with Crippen molar-refractivity contribution in [1.29, 1.82) is 0 Å². The number of nitrogens with one attached hydrogen (secondary N) is 1. The highest BCUT2D eigenvalue weighted by Crippen LogP contribution is 2.38. The van der Waals surface area contributed by atoms with Crippen LogP contribution >= 0.6 is 11.6 Å². The van der Waals surface area contributed by atoms with Crippen molar-refractivity contribution in [2.75, 3.05) is 26.7 Å². The van der Waals surface area contributed by atoms with Gasteiger partial charge in [-0.15, -0.1) is 0 Å². The van der Waals surface area contributed by atoms with Gasteiger partial charge in [-0.1, -0.05) is 36.7 Å². The summed E-state index contributed by atoms with van der Waals surface area (Å²) < 4.78 is 0. The lowest BCUT2D eigenvalue weighted by Gasteiger charge is -2.26. The zero-order valence-corrected chi connectivity index (χ0v) is 11.4. The molecule has 1 fully saturated rings. The van der Waals surface area contributed by atoms with Gasteiger partial charge >= 0.3 is 0 Å². The van der Waals surface area contributed by atoms with Gasteiger partial charge in [-0.25, -0.2) is 0 Å². The van der Waals surface area contributed by atoms with Gasteiger partial charge in [0.25, 0.3) is 0 Å². The van der Waals surface area contributed by atoms with Crippen LogP contribution in [0.5, 0.6) is 0 Å². The number of halogens is 1. The topological polar surface area (TPSA) is 15.3 Å². The van der Waals surface area contributed by atoms with E-state index in [2.05, 4.69) is 36.3 Å². The highest BCUT2D eigenvalue weighted by molar-refractivity contribution is 6.31. The summed E-state index contributed by atoms with van der Waals surface area (Å²) in [5.41, 5.74) is 1.28. The van der Waals surface area contributed by atoms with Crippen LogP contribution in [-0.4, -0.2) is 31.6 Å². The van der Waals surface area contributed by atoms with E-state index in [0.717, 1.165) is 24.7 Å². The molecule has 1 aromatic carbocycles. The van der Waals surface area contributed by atoms with E-state index in [0.29, 0.717) is 12.0 Å². The lowest BCUT2D eigenvalue weighted by molar-refractivity contribution is 0.273. The summed E-state index contributed by atoms with van der Waals surface area (Å²) >= 11 is 6.32. The molecule has 0 aromatic heterocycles. The Bertz CT molecular complexity index is 367. The quantitative estimate of drug-likeness (QED) is 0.887. The first-order chi connectivity index (χ1) is 8.24. The first-order valence-corrected chi connectivity index (χ1v) is 6.77. The number of benzene rings is 1. The molecule has 1 N–H and O–H groups in total. The van der Waals surface area contributed by atoms with Crippen LogP contribution in [0, 0.1) is 5.92 Å². The fraction of sp³-hybridized carbons (Fsp3) is 0.571. The van der Waals surface area contributed by atoms with Crippen molar-refractivity contribution >= 4 is 11.6 Å². The van der Waals surface area contributed by atoms with Crippen LogP contribution in [-0.2, 0) is 0 Å². The van der Waals surface area contributed by atoms with Gasteiger partial charge in [0.2, 0.25) is 0 Å². The molecule has 2 atom stereocenters. The molecule has 2 rings (SSSR count). The molecular weight excluding hydrogens is 232 g/mol. The summed E-state index contributed by atoms with van der Waals surface area (Å²) in [4.78, 5) is 2.42. The second-order valence-electron chi connectivity index (χ2n) is 4.80. The molecule has 1 saturated heterocycles. The largest absolute Gasteiger partial charge is 0.317 e. The third kappa shape index (κ3) is 2.82. The maximum absolute atomic E-state index is 6.32. The average molecular weight is 253 g/mol. The number of rotatable bonds is 4. The van der Waals surface area contributed by atoms with E-state index in [9.17, 15) is 0 Å². The van der Waals surface area contributed by atoms with E-state index in [1.54, 1.807) is 0 Å². The molecule has 0 saturated carbocycles. The van der Waals surface area contributed by atoms with Gasteiger partial charge in [-0.2, -0.15) is 0 Å². The lowest BCUT2D eigenvalue weighted by atomic mass is 9.93. The van der Waals surface area contributed by atoms with Crippen LogP contribution < -0.4 is 5.32 Å². The lowest BCUT2D eigenvalue weighted by Crippen LogP contribution is -2.28. The van der Waals surface area contributed by atoms with Crippen molar-refractivity contribution in [1.82, 2.24) is 10.2 Å². The Morgan fingerprint density at radius 2 is 2.18 bits per heavy atom. The van der Waals surface area contributed by atoms with E-state index < -0.39 is 0 Å². The van der Waals surface area contributed by atoms with Gasteiger partial charge in [-0.3, -0.25) is 4.90 Å². The minimum absolute atomic E-state index is 0.461. The van der Waals surface area contributed by atoms with Gasteiger partial charge in [0.05, 0.1) is 0 Å². The Balaban J connectivity index is 2.18. The molecule has 1 aliphatic heterocycles. The second kappa shape index (κ2) is 5.85. The standard InChI is InChI=1S/C14H21ClN2/c1-3-16-10-11-8-9-17(2)14(11)12-6-4-5-7-13(12)15/h4-7,11,14,16H,3,8-10H2,1-2H3. The van der Waals surface area contributed by atoms with E-state index in [1.807, 2.05) is 12.1 Å². The third-order valence-electron chi connectivity index (χ3n) is 3.65. The fourth-order valence-corrected chi connectivity index (χ4v) is 3.02. The maximum Gasteiger partial charge on any atom is 0.0453 e. The Kier molecular flexibility index (Phi) is 4.43. The molecule has 2 nitrogen and oxygen atoms in total. The average Bonchev–Trinajstić information content (AvgIpc) is 2.69. The molecule has 17 heavy (non-hydrogen) atoms. The van der Waals surface area contributed by atoms with Crippen LogP contribution in [0.4, 0.5) is 0 Å². The summed E-state index contributed by atoms with van der Waals surface area (Å²) in [6.07, 6.45) is 1.25. The number of hydrogen-bond acceptors (Lipinski definition) is 2. The monoisotopic (exact) mass is 252 g/mol. The van der Waals surface area contributed by atoms with Crippen LogP contribution in [0.15, 0.2) is 24.3 Å². The van der Waals surface area contributed by atoms with E-state index in [-0.39, 0.29) is 0 Å². The van der Waals surface area contributed by atoms with Gasteiger partial charge < -0.3 is 5.32 Å². The van der Waals surface area contributed by atoms with E-state index in [1.165, 1.54) is 12.0 Å². The second-order valence-corrected chi connectivity index (χ2v) is 5.21. The Labute approximate surface area is 109 Å². The van der Waals surface area contributed by atoms with E-state index >= 15 is 0 Å². The predicted octanol–water partition coefficient (Wildman–Crippen LogP) is 2.94. The summed E-state index contributed by atoms with van der Waals surface area (Å²) in [6.45, 7) is 5.43. The molecule has 3 heteroatoms. The summed E-state index contributed by atoms with van der Waals surface area (Å²) in [5.74, 6) is 0.667. The SMILES string of the molecule is CCNCC1CCN(C)C1c1ccccc1Cl. The first kappa shape index (κ1) is 12.9. The molecule has 0 bridgehead atoms. The fourth-order valence-electron chi connectivity index (χ4n) is 2.78. The molecular formula is C14H21ClN2. The van der Waals surface area contributed by atoms with Crippen LogP contribution in [0.3, 0.4) is 0 Å². The summed E-state index contributed by atoms with van der Waals surface area (Å²) in [7, 11) is 2.19. The molecule has 0 radical (unpaired) electrons. The zero-order valence-electron chi connectivity index (χ0n) is 10.6. The normalized spacial score (nSPS) is 25.4. The molecule has 2 unspecified atom stereocenters. The van der Waals surface area contributed by atoms with Crippen molar-refractivity contribution in [3.8, 4) is 0 Å². The summed E-state index contributed by atoms with van der Waals surface area (Å²) in [6, 6.07) is 8.70. The molecule has 1 aromatic rings. The molecule has 94 valence electrons. The van der Waals surface area contributed by atoms with Crippen molar-refractivity contribution in [3.05, 3.63) is 34.9 Å². The highest BCUT2D eigenvalue weighted by Gasteiger charge is 2.33. The minimum atomic E-state index is 0.461. The summed E-state index contributed by atoms with van der Waals surface area (Å²) in [5, 5.41) is 4.36. The molecule has 1 aliphatic rings. The van der Waals surface area contributed by atoms with Crippen molar-refractivity contribution < 1.29 is 0 Å². The molecule has 1 heterocycles.